The molecule has 18 heavy (non-hydrogen) atoms. The van der Waals surface area contributed by atoms with Gasteiger partial charge in [-0.05, 0) is 63.5 Å². The van der Waals surface area contributed by atoms with Crippen LogP contribution in [0.25, 0.3) is 0 Å². The molecule has 0 heterocycles. The van der Waals surface area contributed by atoms with Crippen molar-refractivity contribution in [3.63, 3.8) is 0 Å². The van der Waals surface area contributed by atoms with Gasteiger partial charge in [-0.25, -0.2) is 0 Å². The SMILES string of the molecule is CCCNC1CCC(C)CC1N(CC)CC1CC1. The zero-order valence-corrected chi connectivity index (χ0v) is 12.6. The highest BCUT2D eigenvalue weighted by Crippen LogP contribution is 2.33. The molecule has 0 radical (unpaired) electrons. The summed E-state index contributed by atoms with van der Waals surface area (Å²) < 4.78 is 0. The lowest BCUT2D eigenvalue weighted by Gasteiger charge is -2.42. The third kappa shape index (κ3) is 3.96. The van der Waals surface area contributed by atoms with E-state index in [2.05, 4.69) is 31.0 Å². The molecular weight excluding hydrogens is 220 g/mol. The van der Waals surface area contributed by atoms with Crippen LogP contribution in [0.5, 0.6) is 0 Å². The molecule has 0 aromatic rings. The van der Waals surface area contributed by atoms with Crippen LogP contribution in [0.1, 0.15) is 59.3 Å². The lowest BCUT2D eigenvalue weighted by molar-refractivity contribution is 0.101. The largest absolute Gasteiger partial charge is 0.312 e. The highest BCUT2D eigenvalue weighted by molar-refractivity contribution is 4.92. The molecule has 0 aromatic carbocycles. The molecule has 0 bridgehead atoms. The molecular formula is C16H32N2. The van der Waals surface area contributed by atoms with Gasteiger partial charge in [0.2, 0.25) is 0 Å². The zero-order valence-electron chi connectivity index (χ0n) is 12.6. The minimum Gasteiger partial charge on any atom is -0.312 e. The van der Waals surface area contributed by atoms with Crippen molar-refractivity contribution in [2.24, 2.45) is 11.8 Å². The molecule has 106 valence electrons. The van der Waals surface area contributed by atoms with Crippen LogP contribution in [0.15, 0.2) is 0 Å². The summed E-state index contributed by atoms with van der Waals surface area (Å²) in [5, 5.41) is 3.81. The molecule has 0 amide bonds. The Labute approximate surface area is 114 Å². The Balaban J connectivity index is 1.92. The topological polar surface area (TPSA) is 15.3 Å². The summed E-state index contributed by atoms with van der Waals surface area (Å²) in [6, 6.07) is 1.55. The molecule has 2 heteroatoms. The van der Waals surface area contributed by atoms with Gasteiger partial charge in [-0.2, -0.15) is 0 Å². The summed E-state index contributed by atoms with van der Waals surface area (Å²) in [5.41, 5.74) is 0. The Morgan fingerprint density at radius 1 is 1.11 bits per heavy atom. The van der Waals surface area contributed by atoms with Crippen molar-refractivity contribution >= 4 is 0 Å². The lowest BCUT2D eigenvalue weighted by atomic mass is 9.82. The third-order valence-electron chi connectivity index (χ3n) is 4.80. The highest BCUT2D eigenvalue weighted by Gasteiger charge is 2.34. The highest BCUT2D eigenvalue weighted by atomic mass is 15.2. The normalized spacial score (nSPS) is 33.0. The Morgan fingerprint density at radius 2 is 1.89 bits per heavy atom. The molecule has 0 aliphatic heterocycles. The van der Waals surface area contributed by atoms with Gasteiger partial charge in [-0.3, -0.25) is 4.90 Å². The monoisotopic (exact) mass is 252 g/mol. The van der Waals surface area contributed by atoms with E-state index in [0.717, 1.165) is 23.9 Å². The van der Waals surface area contributed by atoms with E-state index in [0.29, 0.717) is 0 Å². The fourth-order valence-corrected chi connectivity index (χ4v) is 3.45. The van der Waals surface area contributed by atoms with Crippen LogP contribution in [0, 0.1) is 11.8 Å². The van der Waals surface area contributed by atoms with Crippen molar-refractivity contribution in [3.05, 3.63) is 0 Å². The van der Waals surface area contributed by atoms with Crippen molar-refractivity contribution < 1.29 is 0 Å². The molecule has 3 atom stereocenters. The van der Waals surface area contributed by atoms with Crippen LogP contribution in [0.3, 0.4) is 0 Å². The molecule has 2 fully saturated rings. The first-order valence-electron chi connectivity index (χ1n) is 8.22. The van der Waals surface area contributed by atoms with E-state index in [1.165, 1.54) is 58.2 Å². The quantitative estimate of drug-likeness (QED) is 0.748. The van der Waals surface area contributed by atoms with E-state index in [-0.39, 0.29) is 0 Å². The van der Waals surface area contributed by atoms with E-state index in [1.54, 1.807) is 0 Å². The van der Waals surface area contributed by atoms with E-state index in [4.69, 9.17) is 0 Å². The van der Waals surface area contributed by atoms with Crippen molar-refractivity contribution in [1.29, 1.82) is 0 Å². The average Bonchev–Trinajstić information content (AvgIpc) is 3.18. The van der Waals surface area contributed by atoms with Gasteiger partial charge in [0.05, 0.1) is 0 Å². The molecule has 2 aliphatic rings. The second kappa shape index (κ2) is 6.91. The fraction of sp³-hybridized carbons (Fsp3) is 1.00. The zero-order chi connectivity index (χ0) is 13.0. The summed E-state index contributed by atoms with van der Waals surface area (Å²) in [6.07, 6.45) is 8.42. The van der Waals surface area contributed by atoms with Crippen LogP contribution in [-0.2, 0) is 0 Å². The summed E-state index contributed by atoms with van der Waals surface area (Å²) in [4.78, 5) is 2.78. The molecule has 1 N–H and O–H groups in total. The molecule has 2 rings (SSSR count). The smallest absolute Gasteiger partial charge is 0.0251 e. The van der Waals surface area contributed by atoms with Gasteiger partial charge in [-0.15, -0.1) is 0 Å². The summed E-state index contributed by atoms with van der Waals surface area (Å²) >= 11 is 0. The maximum absolute atomic E-state index is 3.81. The van der Waals surface area contributed by atoms with E-state index in [9.17, 15) is 0 Å². The Hall–Kier alpha value is -0.0800. The maximum atomic E-state index is 3.81. The van der Waals surface area contributed by atoms with Crippen molar-refractivity contribution in [2.45, 2.75) is 71.4 Å². The Morgan fingerprint density at radius 3 is 2.50 bits per heavy atom. The third-order valence-corrected chi connectivity index (χ3v) is 4.80. The van der Waals surface area contributed by atoms with Gasteiger partial charge in [0.25, 0.3) is 0 Å². The van der Waals surface area contributed by atoms with Crippen LogP contribution >= 0.6 is 0 Å². The van der Waals surface area contributed by atoms with Gasteiger partial charge < -0.3 is 5.32 Å². The number of rotatable bonds is 7. The molecule has 2 nitrogen and oxygen atoms in total. The number of hydrogen-bond donors (Lipinski definition) is 1. The number of nitrogens with zero attached hydrogens (tertiary/aromatic N) is 1. The molecule has 0 spiro atoms. The minimum atomic E-state index is 0.750. The number of nitrogens with one attached hydrogen (secondary N) is 1. The molecule has 2 saturated carbocycles. The van der Waals surface area contributed by atoms with E-state index >= 15 is 0 Å². The first-order chi connectivity index (χ1) is 8.74. The first kappa shape index (κ1) is 14.3. The lowest BCUT2D eigenvalue weighted by Crippen LogP contribution is -2.53. The predicted molar refractivity (Wildman–Crippen MR) is 78.9 cm³/mol. The van der Waals surface area contributed by atoms with Crippen LogP contribution in [-0.4, -0.2) is 36.6 Å². The number of likely N-dealkylation sites (N-methyl/N-ethyl adjacent to an activating group) is 1. The molecule has 2 aliphatic carbocycles. The molecule has 0 saturated heterocycles. The second-order valence-electron chi connectivity index (χ2n) is 6.58. The van der Waals surface area contributed by atoms with E-state index in [1.807, 2.05) is 0 Å². The molecule has 0 aromatic heterocycles. The average molecular weight is 252 g/mol. The van der Waals surface area contributed by atoms with E-state index < -0.39 is 0 Å². The Bertz CT molecular complexity index is 235. The first-order valence-corrected chi connectivity index (χ1v) is 8.22. The Kier molecular flexibility index (Phi) is 5.50. The van der Waals surface area contributed by atoms with Crippen LogP contribution in [0.2, 0.25) is 0 Å². The predicted octanol–water partition coefficient (Wildman–Crippen LogP) is 3.28. The van der Waals surface area contributed by atoms with Gasteiger partial charge in [0.1, 0.15) is 0 Å². The van der Waals surface area contributed by atoms with Crippen molar-refractivity contribution in [3.8, 4) is 0 Å². The minimum absolute atomic E-state index is 0.750. The summed E-state index contributed by atoms with van der Waals surface area (Å²) in [6.45, 7) is 10.8. The van der Waals surface area contributed by atoms with Crippen molar-refractivity contribution in [1.82, 2.24) is 10.2 Å². The van der Waals surface area contributed by atoms with Gasteiger partial charge in [-0.1, -0.05) is 20.8 Å². The molecule has 3 unspecified atom stereocenters. The van der Waals surface area contributed by atoms with Gasteiger partial charge >= 0.3 is 0 Å². The second-order valence-corrected chi connectivity index (χ2v) is 6.58. The van der Waals surface area contributed by atoms with Crippen LogP contribution < -0.4 is 5.32 Å². The van der Waals surface area contributed by atoms with Crippen LogP contribution in [0.4, 0.5) is 0 Å². The van der Waals surface area contributed by atoms with Crippen molar-refractivity contribution in [2.75, 3.05) is 19.6 Å². The standard InChI is InChI=1S/C16H32N2/c1-4-10-17-15-9-6-13(3)11-16(15)18(5-2)12-14-7-8-14/h13-17H,4-12H2,1-3H3. The van der Waals surface area contributed by atoms with Gasteiger partial charge in [0, 0.05) is 18.6 Å². The summed E-state index contributed by atoms with van der Waals surface area (Å²) in [5.74, 6) is 1.94. The fourth-order valence-electron chi connectivity index (χ4n) is 3.45. The maximum Gasteiger partial charge on any atom is 0.0251 e. The number of hydrogen-bond acceptors (Lipinski definition) is 2. The summed E-state index contributed by atoms with van der Waals surface area (Å²) in [7, 11) is 0. The van der Waals surface area contributed by atoms with Gasteiger partial charge in [0.15, 0.2) is 0 Å².